The van der Waals surface area contributed by atoms with Crippen LogP contribution in [0.1, 0.15) is 27.6 Å². The van der Waals surface area contributed by atoms with Crippen molar-refractivity contribution in [1.82, 2.24) is 0 Å². The molecule has 6 nitrogen and oxygen atoms in total. The summed E-state index contributed by atoms with van der Waals surface area (Å²) < 4.78 is 5.11. The molecule has 23 heavy (non-hydrogen) atoms. The lowest BCUT2D eigenvalue weighted by Gasteiger charge is -2.13. The zero-order valence-electron chi connectivity index (χ0n) is 12.5. The second-order valence-electron chi connectivity index (χ2n) is 4.84. The lowest BCUT2D eigenvalue weighted by Crippen LogP contribution is -2.30. The van der Waals surface area contributed by atoms with Gasteiger partial charge in [0.05, 0.1) is 5.56 Å². The van der Waals surface area contributed by atoms with Gasteiger partial charge in [0.1, 0.15) is 0 Å². The van der Waals surface area contributed by atoms with E-state index in [1.54, 1.807) is 42.5 Å². The Morgan fingerprint density at radius 1 is 0.957 bits per heavy atom. The van der Waals surface area contributed by atoms with E-state index in [9.17, 15) is 14.4 Å². The first-order chi connectivity index (χ1) is 11.0. The number of carbonyl (C=O) groups excluding carboxylic acids is 3. The number of carbonyl (C=O) groups is 3. The Bertz CT molecular complexity index is 711. The Hall–Kier alpha value is -3.15. The summed E-state index contributed by atoms with van der Waals surface area (Å²) in [5.41, 5.74) is 6.33. The highest BCUT2D eigenvalue weighted by atomic mass is 16.5. The first-order valence-electron chi connectivity index (χ1n) is 6.94. The maximum Gasteiger partial charge on any atom is 0.338 e. The van der Waals surface area contributed by atoms with E-state index >= 15 is 0 Å². The van der Waals surface area contributed by atoms with Crippen molar-refractivity contribution in [2.75, 3.05) is 5.32 Å². The molecule has 0 unspecified atom stereocenters. The van der Waals surface area contributed by atoms with Crippen molar-refractivity contribution in [3.8, 4) is 0 Å². The Balaban J connectivity index is 1.94. The molecule has 0 bridgehead atoms. The molecule has 0 aliphatic heterocycles. The van der Waals surface area contributed by atoms with Crippen LogP contribution in [-0.2, 0) is 9.53 Å². The third-order valence-electron chi connectivity index (χ3n) is 3.10. The van der Waals surface area contributed by atoms with E-state index in [1.165, 1.54) is 19.1 Å². The fourth-order valence-corrected chi connectivity index (χ4v) is 1.82. The van der Waals surface area contributed by atoms with Crippen LogP contribution in [0.4, 0.5) is 5.69 Å². The molecular weight excluding hydrogens is 296 g/mol. The first-order valence-corrected chi connectivity index (χ1v) is 6.94. The number of hydrogen-bond donors (Lipinski definition) is 2. The summed E-state index contributed by atoms with van der Waals surface area (Å²) in [5.74, 6) is -1.59. The molecular formula is C17H16N2O4. The molecule has 2 aromatic rings. The summed E-state index contributed by atoms with van der Waals surface area (Å²) in [6.07, 6.45) is -0.960. The molecule has 118 valence electrons. The molecule has 1 atom stereocenters. The minimum absolute atomic E-state index is 0.339. The summed E-state index contributed by atoms with van der Waals surface area (Å²) in [5, 5.41) is 2.60. The van der Waals surface area contributed by atoms with E-state index in [0.29, 0.717) is 16.8 Å². The van der Waals surface area contributed by atoms with Crippen molar-refractivity contribution in [1.29, 1.82) is 0 Å². The van der Waals surface area contributed by atoms with Crippen molar-refractivity contribution < 1.29 is 19.1 Å². The molecule has 0 saturated heterocycles. The molecule has 0 spiro atoms. The molecule has 6 heteroatoms. The van der Waals surface area contributed by atoms with Crippen molar-refractivity contribution >= 4 is 23.5 Å². The fraction of sp³-hybridized carbons (Fsp3) is 0.118. The van der Waals surface area contributed by atoms with Crippen molar-refractivity contribution in [3.63, 3.8) is 0 Å². The second kappa shape index (κ2) is 7.22. The SMILES string of the molecule is C[C@@H](OC(=O)c1ccccc1)C(=O)Nc1ccc(C(N)=O)cc1. The number of nitrogens with two attached hydrogens (primary N) is 1. The molecule has 0 aliphatic carbocycles. The van der Waals surface area contributed by atoms with Crippen molar-refractivity contribution in [2.45, 2.75) is 13.0 Å². The highest BCUT2D eigenvalue weighted by Crippen LogP contribution is 2.11. The number of amides is 2. The number of benzene rings is 2. The molecule has 2 rings (SSSR count). The summed E-state index contributed by atoms with van der Waals surface area (Å²) in [6.45, 7) is 1.48. The van der Waals surface area contributed by atoms with Crippen LogP contribution >= 0.6 is 0 Å². The molecule has 0 heterocycles. The van der Waals surface area contributed by atoms with E-state index in [-0.39, 0.29) is 0 Å². The summed E-state index contributed by atoms with van der Waals surface area (Å²) in [7, 11) is 0. The van der Waals surface area contributed by atoms with Gasteiger partial charge >= 0.3 is 5.97 Å². The van der Waals surface area contributed by atoms with Crippen molar-refractivity contribution in [2.24, 2.45) is 5.73 Å². The van der Waals surface area contributed by atoms with Gasteiger partial charge in [0.15, 0.2) is 6.10 Å². The van der Waals surface area contributed by atoms with Crippen LogP contribution in [0.15, 0.2) is 54.6 Å². The monoisotopic (exact) mass is 312 g/mol. The second-order valence-corrected chi connectivity index (χ2v) is 4.84. The van der Waals surface area contributed by atoms with E-state index < -0.39 is 23.9 Å². The molecule has 3 N–H and O–H groups in total. The van der Waals surface area contributed by atoms with Gasteiger partial charge in [-0.25, -0.2) is 4.79 Å². The van der Waals surface area contributed by atoms with E-state index in [2.05, 4.69) is 5.32 Å². The minimum Gasteiger partial charge on any atom is -0.449 e. The van der Waals surface area contributed by atoms with Crippen LogP contribution in [0.25, 0.3) is 0 Å². The summed E-state index contributed by atoms with van der Waals surface area (Å²) in [4.78, 5) is 34.9. The van der Waals surface area contributed by atoms with Crippen molar-refractivity contribution in [3.05, 3.63) is 65.7 Å². The van der Waals surface area contributed by atoms with E-state index in [1.807, 2.05) is 0 Å². The number of nitrogens with one attached hydrogen (secondary N) is 1. The smallest absolute Gasteiger partial charge is 0.338 e. The summed E-state index contributed by atoms with van der Waals surface area (Å²) >= 11 is 0. The van der Waals surface area contributed by atoms with Gasteiger partial charge in [-0.15, -0.1) is 0 Å². The molecule has 0 aliphatic rings. The number of primary amides is 1. The highest BCUT2D eigenvalue weighted by Gasteiger charge is 2.18. The standard InChI is InChI=1S/C17H16N2O4/c1-11(23-17(22)13-5-3-2-4-6-13)16(21)19-14-9-7-12(8-10-14)15(18)20/h2-11H,1H3,(H2,18,20)(H,19,21)/t11-/m1/s1. The van der Waals surface area contributed by atoms with Crippen LogP contribution in [0, 0.1) is 0 Å². The van der Waals surface area contributed by atoms with Crippen LogP contribution < -0.4 is 11.1 Å². The predicted octanol–water partition coefficient (Wildman–Crippen LogP) is 1.97. The zero-order chi connectivity index (χ0) is 16.8. The normalized spacial score (nSPS) is 11.3. The van der Waals surface area contributed by atoms with E-state index in [0.717, 1.165) is 0 Å². The molecule has 2 aromatic carbocycles. The Morgan fingerprint density at radius 3 is 2.13 bits per heavy atom. The van der Waals surface area contributed by atoms with Crippen LogP contribution in [-0.4, -0.2) is 23.9 Å². The average molecular weight is 312 g/mol. The van der Waals surface area contributed by atoms with Gasteiger partial charge in [0.2, 0.25) is 5.91 Å². The van der Waals surface area contributed by atoms with Gasteiger partial charge in [-0.1, -0.05) is 18.2 Å². The Morgan fingerprint density at radius 2 is 1.57 bits per heavy atom. The van der Waals surface area contributed by atoms with Gasteiger partial charge in [0.25, 0.3) is 5.91 Å². The largest absolute Gasteiger partial charge is 0.449 e. The van der Waals surface area contributed by atoms with E-state index in [4.69, 9.17) is 10.5 Å². The first kappa shape index (κ1) is 16.2. The lowest BCUT2D eigenvalue weighted by molar-refractivity contribution is -0.123. The third-order valence-corrected chi connectivity index (χ3v) is 3.10. The zero-order valence-corrected chi connectivity index (χ0v) is 12.5. The van der Waals surface area contributed by atoms with Crippen LogP contribution in [0.5, 0.6) is 0 Å². The van der Waals surface area contributed by atoms with Gasteiger partial charge in [-0.2, -0.15) is 0 Å². The molecule has 0 fully saturated rings. The van der Waals surface area contributed by atoms with Gasteiger partial charge in [-0.05, 0) is 43.3 Å². The highest BCUT2D eigenvalue weighted by molar-refractivity contribution is 5.98. The number of hydrogen-bond acceptors (Lipinski definition) is 4. The molecule has 0 radical (unpaired) electrons. The quantitative estimate of drug-likeness (QED) is 0.825. The topological polar surface area (TPSA) is 98.5 Å². The van der Waals surface area contributed by atoms with Crippen LogP contribution in [0.3, 0.4) is 0 Å². The average Bonchev–Trinajstić information content (AvgIpc) is 2.56. The minimum atomic E-state index is -0.960. The van der Waals surface area contributed by atoms with Gasteiger partial charge in [0, 0.05) is 11.3 Å². The Labute approximate surface area is 133 Å². The molecule has 0 saturated carbocycles. The van der Waals surface area contributed by atoms with Gasteiger partial charge in [-0.3, -0.25) is 9.59 Å². The number of anilines is 1. The fourth-order valence-electron chi connectivity index (χ4n) is 1.82. The molecule has 2 amide bonds. The van der Waals surface area contributed by atoms with Crippen LogP contribution in [0.2, 0.25) is 0 Å². The maximum absolute atomic E-state index is 12.0. The number of ether oxygens (including phenoxy) is 1. The molecule has 0 aromatic heterocycles. The number of esters is 1. The van der Waals surface area contributed by atoms with Gasteiger partial charge < -0.3 is 15.8 Å². The summed E-state index contributed by atoms with van der Waals surface area (Å²) in [6, 6.07) is 14.5. The maximum atomic E-state index is 12.0. The Kier molecular flexibility index (Phi) is 5.09. The number of rotatable bonds is 5. The lowest BCUT2D eigenvalue weighted by atomic mass is 10.2. The third kappa shape index (κ3) is 4.41. The predicted molar refractivity (Wildman–Crippen MR) is 84.9 cm³/mol.